The Morgan fingerprint density at radius 2 is 1.94 bits per heavy atom. The quantitative estimate of drug-likeness (QED) is 0.709. The molecular weight excluding hydrogens is 214 g/mol. The summed E-state index contributed by atoms with van der Waals surface area (Å²) in [4.78, 5) is 13.8. The maximum Gasteiger partial charge on any atom is 0.338 e. The molecule has 0 aliphatic carbocycles. The van der Waals surface area contributed by atoms with Crippen LogP contribution in [0.1, 0.15) is 23.7 Å². The first-order chi connectivity index (χ1) is 8.09. The van der Waals surface area contributed by atoms with Crippen LogP contribution in [0.2, 0.25) is 0 Å². The average Bonchev–Trinajstić information content (AvgIpc) is 2.29. The monoisotopic (exact) mass is 235 g/mol. The Kier molecular flexibility index (Phi) is 5.70. The van der Waals surface area contributed by atoms with E-state index in [1.165, 1.54) is 0 Å². The predicted octanol–water partition coefficient (Wildman–Crippen LogP) is 2.43. The summed E-state index contributed by atoms with van der Waals surface area (Å²) >= 11 is 0. The second-order valence-corrected chi connectivity index (χ2v) is 4.66. The zero-order valence-corrected chi connectivity index (χ0v) is 10.8. The number of carbonyl (C=O) groups excluding carboxylic acids is 1. The largest absolute Gasteiger partial charge is 0.462 e. The lowest BCUT2D eigenvalue weighted by atomic mass is 10.1. The third kappa shape index (κ3) is 5.50. The standard InChI is InChI=1S/C14H21NO2/c1-12(11-15(2)3)9-10-17-14(16)13-7-5-4-6-8-13/h4-8,12H,9-11H2,1-3H3. The highest BCUT2D eigenvalue weighted by Crippen LogP contribution is 2.06. The summed E-state index contributed by atoms with van der Waals surface area (Å²) in [5.74, 6) is 0.302. The first-order valence-electron chi connectivity index (χ1n) is 5.96. The molecule has 0 N–H and O–H groups in total. The molecule has 0 aromatic heterocycles. The highest BCUT2D eigenvalue weighted by Gasteiger charge is 2.08. The molecular formula is C14H21NO2. The van der Waals surface area contributed by atoms with Gasteiger partial charge in [-0.3, -0.25) is 0 Å². The summed E-state index contributed by atoms with van der Waals surface area (Å²) in [6, 6.07) is 9.10. The predicted molar refractivity (Wildman–Crippen MR) is 69.1 cm³/mol. The Hall–Kier alpha value is -1.35. The van der Waals surface area contributed by atoms with Crippen LogP contribution >= 0.6 is 0 Å². The van der Waals surface area contributed by atoms with E-state index in [2.05, 4.69) is 11.8 Å². The lowest BCUT2D eigenvalue weighted by molar-refractivity contribution is 0.0481. The number of benzene rings is 1. The van der Waals surface area contributed by atoms with Gasteiger partial charge in [0, 0.05) is 6.54 Å². The van der Waals surface area contributed by atoms with E-state index in [0.717, 1.165) is 13.0 Å². The van der Waals surface area contributed by atoms with E-state index in [9.17, 15) is 4.79 Å². The molecule has 94 valence electrons. The van der Waals surface area contributed by atoms with Crippen LogP contribution in [0.25, 0.3) is 0 Å². The number of nitrogens with zero attached hydrogens (tertiary/aromatic N) is 1. The van der Waals surface area contributed by atoms with Crippen molar-refractivity contribution in [2.24, 2.45) is 5.92 Å². The molecule has 0 saturated carbocycles. The van der Waals surface area contributed by atoms with E-state index in [1.54, 1.807) is 12.1 Å². The van der Waals surface area contributed by atoms with E-state index < -0.39 is 0 Å². The van der Waals surface area contributed by atoms with E-state index in [4.69, 9.17) is 4.74 Å². The second-order valence-electron chi connectivity index (χ2n) is 4.66. The maximum atomic E-state index is 11.6. The van der Waals surface area contributed by atoms with Gasteiger partial charge in [0.2, 0.25) is 0 Å². The van der Waals surface area contributed by atoms with Crippen molar-refractivity contribution in [3.63, 3.8) is 0 Å². The Balaban J connectivity index is 2.25. The van der Waals surface area contributed by atoms with Gasteiger partial charge < -0.3 is 9.64 Å². The zero-order chi connectivity index (χ0) is 12.7. The molecule has 0 radical (unpaired) electrons. The van der Waals surface area contributed by atoms with E-state index in [-0.39, 0.29) is 5.97 Å². The SMILES string of the molecule is CC(CCOC(=O)c1ccccc1)CN(C)C. The fourth-order valence-electron chi connectivity index (χ4n) is 1.73. The minimum absolute atomic E-state index is 0.234. The van der Waals surface area contributed by atoms with Crippen LogP contribution < -0.4 is 0 Å². The molecule has 0 spiro atoms. The minimum Gasteiger partial charge on any atom is -0.462 e. The zero-order valence-electron chi connectivity index (χ0n) is 10.8. The van der Waals surface area contributed by atoms with Crippen molar-refractivity contribution in [1.29, 1.82) is 0 Å². The average molecular weight is 235 g/mol. The van der Waals surface area contributed by atoms with Crippen LogP contribution in [-0.4, -0.2) is 38.1 Å². The van der Waals surface area contributed by atoms with Crippen molar-refractivity contribution >= 4 is 5.97 Å². The van der Waals surface area contributed by atoms with Crippen molar-refractivity contribution in [2.75, 3.05) is 27.2 Å². The summed E-state index contributed by atoms with van der Waals surface area (Å²) in [6.45, 7) is 3.67. The maximum absolute atomic E-state index is 11.6. The first kappa shape index (κ1) is 13.7. The molecule has 0 saturated heterocycles. The van der Waals surface area contributed by atoms with Crippen LogP contribution in [0.4, 0.5) is 0 Å². The van der Waals surface area contributed by atoms with Gasteiger partial charge in [0.15, 0.2) is 0 Å². The first-order valence-corrected chi connectivity index (χ1v) is 5.96. The van der Waals surface area contributed by atoms with Crippen LogP contribution in [0.5, 0.6) is 0 Å². The Morgan fingerprint density at radius 1 is 1.29 bits per heavy atom. The highest BCUT2D eigenvalue weighted by molar-refractivity contribution is 5.89. The number of ether oxygens (including phenoxy) is 1. The lowest BCUT2D eigenvalue weighted by Gasteiger charge is -2.16. The summed E-state index contributed by atoms with van der Waals surface area (Å²) in [7, 11) is 4.10. The fourth-order valence-corrected chi connectivity index (χ4v) is 1.73. The molecule has 1 atom stereocenters. The normalized spacial score (nSPS) is 12.5. The Morgan fingerprint density at radius 3 is 2.53 bits per heavy atom. The van der Waals surface area contributed by atoms with E-state index in [1.807, 2.05) is 32.3 Å². The van der Waals surface area contributed by atoms with Gasteiger partial charge in [0.25, 0.3) is 0 Å². The van der Waals surface area contributed by atoms with E-state index >= 15 is 0 Å². The fraction of sp³-hybridized carbons (Fsp3) is 0.500. The molecule has 1 aromatic carbocycles. The number of esters is 1. The molecule has 0 aliphatic rings. The molecule has 0 bridgehead atoms. The molecule has 17 heavy (non-hydrogen) atoms. The van der Waals surface area contributed by atoms with Crippen LogP contribution in [0.15, 0.2) is 30.3 Å². The van der Waals surface area contributed by atoms with Crippen molar-refractivity contribution in [3.05, 3.63) is 35.9 Å². The Labute approximate surface area is 103 Å². The molecule has 1 aromatic rings. The number of rotatable bonds is 6. The molecule has 0 aliphatic heterocycles. The molecule has 1 unspecified atom stereocenters. The van der Waals surface area contributed by atoms with E-state index in [0.29, 0.717) is 18.1 Å². The number of hydrogen-bond donors (Lipinski definition) is 0. The molecule has 3 nitrogen and oxygen atoms in total. The molecule has 0 heterocycles. The third-order valence-electron chi connectivity index (χ3n) is 2.53. The van der Waals surface area contributed by atoms with Gasteiger partial charge in [-0.05, 0) is 38.6 Å². The van der Waals surface area contributed by atoms with Gasteiger partial charge in [-0.25, -0.2) is 4.79 Å². The molecule has 3 heteroatoms. The summed E-state index contributed by atoms with van der Waals surface area (Å²) < 4.78 is 5.22. The van der Waals surface area contributed by atoms with Crippen molar-refractivity contribution in [2.45, 2.75) is 13.3 Å². The van der Waals surface area contributed by atoms with Crippen LogP contribution in [-0.2, 0) is 4.74 Å². The van der Waals surface area contributed by atoms with Crippen molar-refractivity contribution < 1.29 is 9.53 Å². The van der Waals surface area contributed by atoms with Crippen molar-refractivity contribution in [3.8, 4) is 0 Å². The summed E-state index contributed by atoms with van der Waals surface area (Å²) in [6.07, 6.45) is 0.900. The summed E-state index contributed by atoms with van der Waals surface area (Å²) in [5.41, 5.74) is 0.618. The van der Waals surface area contributed by atoms with Crippen LogP contribution in [0, 0.1) is 5.92 Å². The highest BCUT2D eigenvalue weighted by atomic mass is 16.5. The number of carbonyl (C=O) groups is 1. The number of hydrogen-bond acceptors (Lipinski definition) is 3. The summed E-state index contributed by atoms with van der Waals surface area (Å²) in [5, 5.41) is 0. The molecule has 0 fully saturated rings. The molecule has 1 rings (SSSR count). The van der Waals surface area contributed by atoms with Gasteiger partial charge in [0.1, 0.15) is 0 Å². The Bertz CT molecular complexity index is 335. The third-order valence-corrected chi connectivity index (χ3v) is 2.53. The topological polar surface area (TPSA) is 29.5 Å². The van der Waals surface area contributed by atoms with Crippen molar-refractivity contribution in [1.82, 2.24) is 4.90 Å². The lowest BCUT2D eigenvalue weighted by Crippen LogP contribution is -2.21. The van der Waals surface area contributed by atoms with Gasteiger partial charge in [0.05, 0.1) is 12.2 Å². The second kappa shape index (κ2) is 7.07. The van der Waals surface area contributed by atoms with Gasteiger partial charge >= 0.3 is 5.97 Å². The van der Waals surface area contributed by atoms with Gasteiger partial charge in [-0.2, -0.15) is 0 Å². The van der Waals surface area contributed by atoms with Gasteiger partial charge in [-0.15, -0.1) is 0 Å². The van der Waals surface area contributed by atoms with Crippen LogP contribution in [0.3, 0.4) is 0 Å². The smallest absolute Gasteiger partial charge is 0.338 e. The van der Waals surface area contributed by atoms with Gasteiger partial charge in [-0.1, -0.05) is 25.1 Å². The minimum atomic E-state index is -0.234. The molecule has 0 amide bonds.